The van der Waals surface area contributed by atoms with E-state index in [0.717, 1.165) is 12.8 Å². The maximum atomic E-state index is 11.2. The van der Waals surface area contributed by atoms with Crippen LogP contribution in [0.25, 0.3) is 0 Å². The van der Waals surface area contributed by atoms with Gasteiger partial charge in [-0.2, -0.15) is 0 Å². The molecule has 0 aliphatic heterocycles. The molecule has 60 valence electrons. The summed E-state index contributed by atoms with van der Waals surface area (Å²) in [4.78, 5) is 11.2. The van der Waals surface area contributed by atoms with Crippen LogP contribution in [0.3, 0.4) is 0 Å². The largest absolute Gasteiger partial charge is 0.373 e. The van der Waals surface area contributed by atoms with Crippen LogP contribution >= 0.6 is 0 Å². The maximum absolute atomic E-state index is 11.2. The summed E-state index contributed by atoms with van der Waals surface area (Å²) in [6.45, 7) is 0. The fraction of sp³-hybridized carbons (Fsp3) is 0.667. The van der Waals surface area contributed by atoms with E-state index in [0.29, 0.717) is 5.92 Å². The van der Waals surface area contributed by atoms with Gasteiger partial charge in [0.2, 0.25) is 0 Å². The van der Waals surface area contributed by atoms with Gasteiger partial charge in [-0.05, 0) is 18.8 Å². The van der Waals surface area contributed by atoms with Gasteiger partial charge in [-0.1, -0.05) is 5.92 Å². The average molecular weight is 152 g/mol. The van der Waals surface area contributed by atoms with Crippen molar-refractivity contribution in [3.63, 3.8) is 0 Å². The second-order valence-corrected chi connectivity index (χ2v) is 2.84. The molecule has 0 saturated heterocycles. The minimum Gasteiger partial charge on any atom is -0.373 e. The number of rotatable bonds is 4. The fourth-order valence-electron chi connectivity index (χ4n) is 1.19. The van der Waals surface area contributed by atoms with Crippen LogP contribution in [0.1, 0.15) is 19.3 Å². The van der Waals surface area contributed by atoms with Gasteiger partial charge in [-0.25, -0.2) is 0 Å². The predicted octanol–water partition coefficient (Wildman–Crippen LogP) is 1.00. The number of hydrogen-bond acceptors (Lipinski definition) is 2. The van der Waals surface area contributed by atoms with E-state index in [1.54, 1.807) is 7.11 Å². The molecule has 1 unspecified atom stereocenters. The van der Waals surface area contributed by atoms with Crippen molar-refractivity contribution in [2.24, 2.45) is 5.92 Å². The van der Waals surface area contributed by atoms with E-state index in [9.17, 15) is 4.79 Å². The number of terminal acetylenes is 1. The lowest BCUT2D eigenvalue weighted by Gasteiger charge is -2.10. The maximum Gasteiger partial charge on any atom is 0.173 e. The van der Waals surface area contributed by atoms with Gasteiger partial charge in [0.15, 0.2) is 5.78 Å². The molecule has 0 amide bonds. The highest BCUT2D eigenvalue weighted by atomic mass is 16.5. The molecule has 1 fully saturated rings. The van der Waals surface area contributed by atoms with E-state index in [2.05, 4.69) is 5.92 Å². The summed E-state index contributed by atoms with van der Waals surface area (Å²) in [5.74, 6) is 2.83. The Morgan fingerprint density at radius 2 is 2.45 bits per heavy atom. The summed E-state index contributed by atoms with van der Waals surface area (Å²) in [7, 11) is 1.57. The van der Waals surface area contributed by atoms with Gasteiger partial charge in [0, 0.05) is 7.11 Å². The molecular formula is C9H12O2. The van der Waals surface area contributed by atoms with Crippen LogP contribution in [0, 0.1) is 18.3 Å². The number of carbonyl (C=O) groups is 1. The van der Waals surface area contributed by atoms with Gasteiger partial charge in [0.25, 0.3) is 0 Å². The molecular weight excluding hydrogens is 140 g/mol. The number of ketones is 1. The van der Waals surface area contributed by atoms with Crippen molar-refractivity contribution < 1.29 is 9.53 Å². The first-order valence-electron chi connectivity index (χ1n) is 3.78. The topological polar surface area (TPSA) is 26.3 Å². The lowest BCUT2D eigenvalue weighted by Crippen LogP contribution is -2.24. The second kappa shape index (κ2) is 3.54. The monoisotopic (exact) mass is 152 g/mol. The van der Waals surface area contributed by atoms with Crippen LogP contribution in [0.2, 0.25) is 0 Å². The smallest absolute Gasteiger partial charge is 0.173 e. The van der Waals surface area contributed by atoms with Crippen molar-refractivity contribution in [2.75, 3.05) is 7.11 Å². The molecule has 11 heavy (non-hydrogen) atoms. The van der Waals surface area contributed by atoms with E-state index in [-0.39, 0.29) is 18.3 Å². The molecule has 0 heterocycles. The lowest BCUT2D eigenvalue weighted by molar-refractivity contribution is -0.128. The van der Waals surface area contributed by atoms with Crippen LogP contribution in [-0.4, -0.2) is 19.0 Å². The van der Waals surface area contributed by atoms with Crippen LogP contribution < -0.4 is 0 Å². The summed E-state index contributed by atoms with van der Waals surface area (Å²) in [6.07, 6.45) is 7.20. The van der Waals surface area contributed by atoms with Gasteiger partial charge in [-0.15, -0.1) is 6.42 Å². The number of Topliss-reactive ketones (excluding diaryl/α,β-unsaturated/α-hetero) is 1. The highest BCUT2D eigenvalue weighted by Gasteiger charge is 2.35. The third kappa shape index (κ3) is 2.06. The Morgan fingerprint density at radius 1 is 1.82 bits per heavy atom. The van der Waals surface area contributed by atoms with Gasteiger partial charge in [0.1, 0.15) is 6.10 Å². The standard InChI is InChI=1S/C9H12O2/c1-3-4-8(10)9(11-2)7-5-6-7/h1,7,9H,4-6H2,2H3. The first kappa shape index (κ1) is 8.29. The van der Waals surface area contributed by atoms with Crippen molar-refractivity contribution in [3.8, 4) is 12.3 Å². The number of methoxy groups -OCH3 is 1. The molecule has 0 N–H and O–H groups in total. The van der Waals surface area contributed by atoms with E-state index < -0.39 is 0 Å². The number of carbonyl (C=O) groups excluding carboxylic acids is 1. The molecule has 1 rings (SSSR count). The van der Waals surface area contributed by atoms with E-state index in [1.165, 1.54) is 0 Å². The normalized spacial score (nSPS) is 18.9. The average Bonchev–Trinajstić information content (AvgIpc) is 2.73. The third-order valence-corrected chi connectivity index (χ3v) is 1.90. The second-order valence-electron chi connectivity index (χ2n) is 2.84. The summed E-state index contributed by atoms with van der Waals surface area (Å²) in [5, 5.41) is 0. The van der Waals surface area contributed by atoms with Gasteiger partial charge < -0.3 is 4.74 Å². The predicted molar refractivity (Wildman–Crippen MR) is 42.0 cm³/mol. The molecule has 0 aromatic rings. The molecule has 2 heteroatoms. The van der Waals surface area contributed by atoms with Gasteiger partial charge in [-0.3, -0.25) is 4.79 Å². The van der Waals surface area contributed by atoms with E-state index in [4.69, 9.17) is 11.2 Å². The molecule has 0 bridgehead atoms. The van der Waals surface area contributed by atoms with Crippen molar-refractivity contribution in [2.45, 2.75) is 25.4 Å². The van der Waals surface area contributed by atoms with Crippen molar-refractivity contribution >= 4 is 5.78 Å². The zero-order valence-electron chi connectivity index (χ0n) is 6.67. The number of ether oxygens (including phenoxy) is 1. The van der Waals surface area contributed by atoms with Crippen molar-refractivity contribution in [1.82, 2.24) is 0 Å². The molecule has 1 aliphatic carbocycles. The summed E-state index contributed by atoms with van der Waals surface area (Å²) < 4.78 is 5.04. The Balaban J connectivity index is 2.41. The third-order valence-electron chi connectivity index (χ3n) is 1.90. The molecule has 0 aromatic heterocycles. The highest BCUT2D eigenvalue weighted by molar-refractivity contribution is 5.85. The van der Waals surface area contributed by atoms with Gasteiger partial charge in [0.05, 0.1) is 6.42 Å². The quantitative estimate of drug-likeness (QED) is 0.562. The number of hydrogen-bond donors (Lipinski definition) is 0. The summed E-state index contributed by atoms with van der Waals surface area (Å²) >= 11 is 0. The minimum absolute atomic E-state index is 0.0532. The van der Waals surface area contributed by atoms with Crippen LogP contribution in [0.4, 0.5) is 0 Å². The van der Waals surface area contributed by atoms with E-state index >= 15 is 0 Å². The molecule has 1 aliphatic rings. The molecule has 1 atom stereocenters. The summed E-state index contributed by atoms with van der Waals surface area (Å²) in [5.41, 5.74) is 0. The summed E-state index contributed by atoms with van der Waals surface area (Å²) in [6, 6.07) is 0. The molecule has 2 nitrogen and oxygen atoms in total. The van der Waals surface area contributed by atoms with Crippen LogP contribution in [0.5, 0.6) is 0 Å². The first-order valence-corrected chi connectivity index (χ1v) is 3.78. The molecule has 0 spiro atoms. The Hall–Kier alpha value is -0.810. The minimum atomic E-state index is -0.231. The van der Waals surface area contributed by atoms with Crippen LogP contribution in [0.15, 0.2) is 0 Å². The molecule has 1 saturated carbocycles. The lowest BCUT2D eigenvalue weighted by atomic mass is 10.1. The highest BCUT2D eigenvalue weighted by Crippen LogP contribution is 2.34. The first-order chi connectivity index (χ1) is 5.29. The Labute approximate surface area is 66.9 Å². The van der Waals surface area contributed by atoms with Crippen molar-refractivity contribution in [1.29, 1.82) is 0 Å². The van der Waals surface area contributed by atoms with Crippen LogP contribution in [-0.2, 0) is 9.53 Å². The Bertz CT molecular complexity index is 186. The Kier molecular flexibility index (Phi) is 2.67. The van der Waals surface area contributed by atoms with E-state index in [1.807, 2.05) is 0 Å². The zero-order valence-corrected chi connectivity index (χ0v) is 6.67. The molecule has 0 radical (unpaired) electrons. The van der Waals surface area contributed by atoms with Crippen molar-refractivity contribution in [3.05, 3.63) is 0 Å². The zero-order chi connectivity index (χ0) is 8.27. The SMILES string of the molecule is C#CCC(=O)C(OC)C1CC1. The van der Waals surface area contributed by atoms with Gasteiger partial charge >= 0.3 is 0 Å². The molecule has 0 aromatic carbocycles. The Morgan fingerprint density at radius 3 is 2.82 bits per heavy atom. The fourth-order valence-corrected chi connectivity index (χ4v) is 1.19.